The minimum atomic E-state index is -4.74. The number of nitrogens with zero attached hydrogens (tertiary/aromatic N) is 1. The molecule has 0 saturated carbocycles. The van der Waals surface area contributed by atoms with Gasteiger partial charge in [0.2, 0.25) is 10.0 Å². The molecule has 0 aliphatic carbocycles. The first-order chi connectivity index (χ1) is 15.3. The average Bonchev–Trinajstić information content (AvgIpc) is 3.10. The van der Waals surface area contributed by atoms with Crippen molar-refractivity contribution in [3.8, 4) is 11.5 Å². The van der Waals surface area contributed by atoms with Gasteiger partial charge >= 0.3 is 16.2 Å². The van der Waals surface area contributed by atoms with Crippen LogP contribution in [-0.4, -0.2) is 67.5 Å². The molecule has 15 heteroatoms. The number of benzene rings is 1. The van der Waals surface area contributed by atoms with Gasteiger partial charge in [-0.15, -0.1) is 0 Å². The van der Waals surface area contributed by atoms with Crippen molar-refractivity contribution in [1.29, 1.82) is 0 Å². The number of nitrogens with one attached hydrogen (secondary N) is 1. The number of hydrogen-bond acceptors (Lipinski definition) is 6. The van der Waals surface area contributed by atoms with Crippen LogP contribution in [0.3, 0.4) is 0 Å². The van der Waals surface area contributed by atoms with Crippen LogP contribution in [0.25, 0.3) is 0 Å². The predicted octanol–water partition coefficient (Wildman–Crippen LogP) is 4.32. The van der Waals surface area contributed by atoms with Gasteiger partial charge < -0.3 is 19.1 Å². The SMILES string of the molecule is CC(C)(C)OC(=O)N1CC[C@@H](NS(=O)(=O)c2cc(OCC(F)(F)I)ccc2OCC(F)(F)F)C1. The van der Waals surface area contributed by atoms with Gasteiger partial charge in [-0.3, -0.25) is 0 Å². The average molecular weight is 630 g/mol. The number of alkyl halides is 6. The van der Waals surface area contributed by atoms with E-state index in [4.69, 9.17) is 9.47 Å². The number of hydrogen-bond donors (Lipinski definition) is 1. The van der Waals surface area contributed by atoms with Crippen LogP contribution >= 0.6 is 22.6 Å². The Morgan fingerprint density at radius 3 is 2.35 bits per heavy atom. The minimum Gasteiger partial charge on any atom is -0.486 e. The quantitative estimate of drug-likeness (QED) is 0.262. The molecule has 0 unspecified atom stereocenters. The highest BCUT2D eigenvalue weighted by molar-refractivity contribution is 14.1. The molecule has 194 valence electrons. The lowest BCUT2D eigenvalue weighted by Crippen LogP contribution is -2.40. The van der Waals surface area contributed by atoms with Crippen LogP contribution in [0.5, 0.6) is 11.5 Å². The van der Waals surface area contributed by atoms with Gasteiger partial charge in [-0.2, -0.15) is 22.0 Å². The normalized spacial score (nSPS) is 17.6. The molecule has 1 aliphatic rings. The fourth-order valence-corrected chi connectivity index (χ4v) is 4.44. The monoisotopic (exact) mass is 630 g/mol. The summed E-state index contributed by atoms with van der Waals surface area (Å²) >= 11 is 0.824. The number of sulfonamides is 1. The second kappa shape index (κ2) is 10.6. The van der Waals surface area contributed by atoms with E-state index >= 15 is 0 Å². The topological polar surface area (TPSA) is 94.2 Å². The zero-order valence-corrected chi connectivity index (χ0v) is 21.4. The van der Waals surface area contributed by atoms with Gasteiger partial charge in [-0.25, -0.2) is 17.9 Å². The molecule has 8 nitrogen and oxygen atoms in total. The zero-order chi connectivity index (χ0) is 25.9. The Kier molecular flexibility index (Phi) is 8.88. The summed E-state index contributed by atoms with van der Waals surface area (Å²) in [5.41, 5.74) is -0.755. The molecule has 1 fully saturated rings. The summed E-state index contributed by atoms with van der Waals surface area (Å²) in [6.07, 6.45) is -5.17. The van der Waals surface area contributed by atoms with Crippen LogP contribution < -0.4 is 14.2 Å². The first-order valence-electron chi connectivity index (χ1n) is 9.88. The summed E-state index contributed by atoms with van der Waals surface area (Å²) in [5.74, 6) is -0.946. The third-order valence-corrected chi connectivity index (χ3v) is 6.01. The van der Waals surface area contributed by atoms with Gasteiger partial charge in [0, 0.05) is 47.8 Å². The molecule has 0 aromatic heterocycles. The Balaban J connectivity index is 2.22. The predicted molar refractivity (Wildman–Crippen MR) is 119 cm³/mol. The van der Waals surface area contributed by atoms with E-state index in [9.17, 15) is 35.2 Å². The molecule has 1 atom stereocenters. The van der Waals surface area contributed by atoms with E-state index in [1.165, 1.54) is 4.90 Å². The lowest BCUT2D eigenvalue weighted by atomic mass is 10.2. The van der Waals surface area contributed by atoms with Crippen LogP contribution in [0.4, 0.5) is 26.7 Å². The smallest absolute Gasteiger partial charge is 0.422 e. The summed E-state index contributed by atoms with van der Waals surface area (Å²) in [7, 11) is -4.49. The van der Waals surface area contributed by atoms with Crippen LogP contribution in [0.15, 0.2) is 23.1 Å². The van der Waals surface area contributed by atoms with Crippen molar-refractivity contribution < 1.29 is 49.4 Å². The first kappa shape index (κ1) is 28.6. The lowest BCUT2D eigenvalue weighted by Gasteiger charge is -2.24. The van der Waals surface area contributed by atoms with Crippen LogP contribution in [-0.2, 0) is 14.8 Å². The summed E-state index contributed by atoms with van der Waals surface area (Å²) in [5, 5.41) is 0. The molecule has 0 spiro atoms. The molecular weight excluding hydrogens is 606 g/mol. The van der Waals surface area contributed by atoms with E-state index in [0.29, 0.717) is 0 Å². The first-order valence-corrected chi connectivity index (χ1v) is 12.4. The zero-order valence-electron chi connectivity index (χ0n) is 18.4. The summed E-state index contributed by atoms with van der Waals surface area (Å²) in [6, 6.07) is 1.95. The van der Waals surface area contributed by atoms with E-state index in [-0.39, 0.29) is 25.3 Å². The summed E-state index contributed by atoms with van der Waals surface area (Å²) in [6.45, 7) is 2.32. The Bertz CT molecular complexity index is 979. The van der Waals surface area contributed by atoms with E-state index in [1.807, 2.05) is 0 Å². The van der Waals surface area contributed by atoms with Crippen LogP contribution in [0.1, 0.15) is 27.2 Å². The number of amides is 1. The molecule has 1 aromatic carbocycles. The molecule has 1 aliphatic heterocycles. The fourth-order valence-electron chi connectivity index (χ4n) is 2.86. The Morgan fingerprint density at radius 1 is 1.15 bits per heavy atom. The maximum Gasteiger partial charge on any atom is 0.422 e. The van der Waals surface area contributed by atoms with E-state index in [0.717, 1.165) is 40.8 Å². The number of ether oxygens (including phenoxy) is 3. The van der Waals surface area contributed by atoms with Crippen molar-refractivity contribution >= 4 is 38.7 Å². The number of rotatable bonds is 8. The molecule has 2 rings (SSSR count). The van der Waals surface area contributed by atoms with Crippen molar-refractivity contribution in [2.24, 2.45) is 0 Å². The molecular formula is C19H24F5IN2O6S. The number of halogens is 6. The third kappa shape index (κ3) is 9.56. The van der Waals surface area contributed by atoms with Crippen LogP contribution in [0.2, 0.25) is 0 Å². The molecule has 1 saturated heterocycles. The van der Waals surface area contributed by atoms with Crippen molar-refractivity contribution in [3.63, 3.8) is 0 Å². The number of likely N-dealkylation sites (tertiary alicyclic amines) is 1. The van der Waals surface area contributed by atoms with Gasteiger partial charge in [-0.1, -0.05) is 0 Å². The highest BCUT2D eigenvalue weighted by atomic mass is 127. The van der Waals surface area contributed by atoms with Crippen LogP contribution in [0, 0.1) is 0 Å². The van der Waals surface area contributed by atoms with E-state index < -0.39 is 61.7 Å². The second-order valence-corrected chi connectivity index (χ2v) is 11.7. The van der Waals surface area contributed by atoms with Crippen molar-refractivity contribution in [3.05, 3.63) is 18.2 Å². The minimum absolute atomic E-state index is 0.0376. The van der Waals surface area contributed by atoms with Gasteiger partial charge in [0.1, 0.15) is 22.0 Å². The highest BCUT2D eigenvalue weighted by Gasteiger charge is 2.35. The van der Waals surface area contributed by atoms with E-state index in [1.54, 1.807) is 20.8 Å². The maximum atomic E-state index is 13.1. The molecule has 1 heterocycles. The Labute approximate surface area is 207 Å². The number of carbonyl (C=O) groups excluding carboxylic acids is 1. The van der Waals surface area contributed by atoms with E-state index in [2.05, 4.69) is 9.46 Å². The van der Waals surface area contributed by atoms with Gasteiger partial charge in [0.05, 0.1) is 0 Å². The van der Waals surface area contributed by atoms with Gasteiger partial charge in [0.15, 0.2) is 13.2 Å². The molecule has 0 bridgehead atoms. The second-order valence-electron chi connectivity index (χ2n) is 8.45. The molecule has 1 N–H and O–H groups in total. The third-order valence-electron chi connectivity index (χ3n) is 4.16. The lowest BCUT2D eigenvalue weighted by molar-refractivity contribution is -0.153. The van der Waals surface area contributed by atoms with Gasteiger partial charge in [0.25, 0.3) is 0 Å². The van der Waals surface area contributed by atoms with Crippen molar-refractivity contribution in [2.75, 3.05) is 26.3 Å². The molecule has 0 radical (unpaired) electrons. The highest BCUT2D eigenvalue weighted by Crippen LogP contribution is 2.32. The summed E-state index contributed by atoms with van der Waals surface area (Å²) in [4.78, 5) is 12.8. The molecule has 1 aromatic rings. The standard InChI is InChI=1S/C19H24F5IN2O6S/c1-17(2,3)33-16(28)27-7-6-12(9-27)26-34(29,30)15-8-13(31-11-19(23,24)25)4-5-14(15)32-10-18(20,21)22/h4-5,8,12,26H,6-7,9-11H2,1-3H3/t12-/m1/s1. The summed E-state index contributed by atoms with van der Waals surface area (Å²) < 4.78 is 104. The molecule has 34 heavy (non-hydrogen) atoms. The van der Waals surface area contributed by atoms with Crippen molar-refractivity contribution in [1.82, 2.24) is 9.62 Å². The van der Waals surface area contributed by atoms with Gasteiger partial charge in [-0.05, 0) is 39.3 Å². The Hall–Kier alpha value is -1.62. The fraction of sp³-hybridized carbons (Fsp3) is 0.632. The van der Waals surface area contributed by atoms with Crippen molar-refractivity contribution in [2.45, 2.75) is 53.8 Å². The Morgan fingerprint density at radius 2 is 1.79 bits per heavy atom. The number of carbonyl (C=O) groups is 1. The largest absolute Gasteiger partial charge is 0.486 e. The molecule has 1 amide bonds. The maximum absolute atomic E-state index is 13.1.